The van der Waals surface area contributed by atoms with Gasteiger partial charge in [0.1, 0.15) is 0 Å². The number of nitrogens with zero attached hydrogens (tertiary/aromatic N) is 1. The van der Waals surface area contributed by atoms with Gasteiger partial charge in [0.2, 0.25) is 0 Å². The van der Waals surface area contributed by atoms with E-state index >= 15 is 0 Å². The lowest BCUT2D eigenvalue weighted by atomic mass is 9.78. The van der Waals surface area contributed by atoms with Crippen LogP contribution in [0.1, 0.15) is 76.3 Å². The lowest BCUT2D eigenvalue weighted by Gasteiger charge is -2.44. The van der Waals surface area contributed by atoms with E-state index in [0.29, 0.717) is 29.6 Å². The standard InChI is InChI=1S/C31H34N2O2/c34-30(32-22-28(23-10-3-1-4-11-23)24-12-5-2-6-13-24)26-17-19-27(20-18-26)31(35)33-21-9-15-25-14-7-8-16-29(25)33/h1-6,10-13,17-20,25,28-29H,7-9,14-16,21-22H2,(H,32,34)/t25-,29-/m0/s1. The molecule has 0 aromatic heterocycles. The highest BCUT2D eigenvalue weighted by atomic mass is 16.2. The van der Waals surface area contributed by atoms with Gasteiger partial charge >= 0.3 is 0 Å². The maximum atomic E-state index is 13.3. The number of amides is 2. The number of benzene rings is 3. The fourth-order valence-electron chi connectivity index (χ4n) is 5.90. The van der Waals surface area contributed by atoms with E-state index in [1.165, 1.54) is 36.8 Å². The van der Waals surface area contributed by atoms with Gasteiger partial charge in [-0.3, -0.25) is 9.59 Å². The molecule has 2 fully saturated rings. The summed E-state index contributed by atoms with van der Waals surface area (Å²) in [7, 11) is 0. The molecule has 0 spiro atoms. The van der Waals surface area contributed by atoms with Gasteiger partial charge in [-0.15, -0.1) is 0 Å². The van der Waals surface area contributed by atoms with E-state index in [0.717, 1.165) is 19.4 Å². The lowest BCUT2D eigenvalue weighted by molar-refractivity contribution is 0.0390. The summed E-state index contributed by atoms with van der Waals surface area (Å²) in [6.45, 7) is 1.35. The van der Waals surface area contributed by atoms with E-state index < -0.39 is 0 Å². The Morgan fingerprint density at radius 3 is 1.97 bits per heavy atom. The summed E-state index contributed by atoms with van der Waals surface area (Å²) in [6, 6.07) is 28.1. The first-order valence-electron chi connectivity index (χ1n) is 13.0. The first-order chi connectivity index (χ1) is 17.2. The van der Waals surface area contributed by atoms with Crippen molar-refractivity contribution in [1.29, 1.82) is 0 Å². The molecule has 1 aliphatic carbocycles. The molecule has 180 valence electrons. The maximum absolute atomic E-state index is 13.3. The minimum Gasteiger partial charge on any atom is -0.351 e. The Morgan fingerprint density at radius 1 is 0.743 bits per heavy atom. The van der Waals surface area contributed by atoms with Crippen LogP contribution in [0.15, 0.2) is 84.9 Å². The van der Waals surface area contributed by atoms with Gasteiger partial charge in [0, 0.05) is 36.2 Å². The highest BCUT2D eigenvalue weighted by Gasteiger charge is 2.35. The summed E-state index contributed by atoms with van der Waals surface area (Å²) in [5.41, 5.74) is 3.60. The van der Waals surface area contributed by atoms with Gasteiger partial charge in [-0.1, -0.05) is 73.5 Å². The van der Waals surface area contributed by atoms with Crippen LogP contribution in [-0.4, -0.2) is 35.8 Å². The van der Waals surface area contributed by atoms with Gasteiger partial charge < -0.3 is 10.2 Å². The minimum atomic E-state index is -0.119. The number of carbonyl (C=O) groups is 2. The SMILES string of the molecule is O=C(NCC(c1ccccc1)c1ccccc1)c1ccc(C(=O)N2CCC[C@@H]3CCCC[C@@H]32)cc1. The number of rotatable bonds is 6. The van der Waals surface area contributed by atoms with E-state index in [-0.39, 0.29) is 17.7 Å². The second kappa shape index (κ2) is 10.9. The summed E-state index contributed by atoms with van der Waals surface area (Å²) in [6.07, 6.45) is 7.23. The van der Waals surface area contributed by atoms with Gasteiger partial charge in [-0.2, -0.15) is 0 Å². The highest BCUT2D eigenvalue weighted by molar-refractivity contribution is 5.98. The Balaban J connectivity index is 1.25. The molecule has 3 aromatic carbocycles. The van der Waals surface area contributed by atoms with Gasteiger partial charge in [-0.05, 0) is 67.0 Å². The molecule has 1 saturated carbocycles. The number of nitrogens with one attached hydrogen (secondary N) is 1. The maximum Gasteiger partial charge on any atom is 0.254 e. The number of piperidine rings is 1. The summed E-state index contributed by atoms with van der Waals surface area (Å²) in [5.74, 6) is 0.728. The van der Waals surface area contributed by atoms with Crippen molar-refractivity contribution >= 4 is 11.8 Å². The second-order valence-corrected chi connectivity index (χ2v) is 9.91. The number of likely N-dealkylation sites (tertiary alicyclic amines) is 1. The Morgan fingerprint density at radius 2 is 1.31 bits per heavy atom. The van der Waals surface area contributed by atoms with Crippen LogP contribution in [0.5, 0.6) is 0 Å². The average Bonchev–Trinajstić information content (AvgIpc) is 2.93. The van der Waals surface area contributed by atoms with Gasteiger partial charge in [-0.25, -0.2) is 0 Å². The van der Waals surface area contributed by atoms with Crippen molar-refractivity contribution in [2.24, 2.45) is 5.92 Å². The predicted molar refractivity (Wildman–Crippen MR) is 140 cm³/mol. The zero-order valence-corrected chi connectivity index (χ0v) is 20.2. The Bertz CT molecular complexity index is 1090. The van der Waals surface area contributed by atoms with E-state index in [1.54, 1.807) is 12.1 Å². The van der Waals surface area contributed by atoms with Crippen molar-refractivity contribution < 1.29 is 9.59 Å². The van der Waals surface area contributed by atoms with Crippen molar-refractivity contribution in [3.8, 4) is 0 Å². The number of carbonyl (C=O) groups excluding carboxylic acids is 2. The third-order valence-corrected chi connectivity index (χ3v) is 7.77. The van der Waals surface area contributed by atoms with Gasteiger partial charge in [0.05, 0.1) is 0 Å². The largest absolute Gasteiger partial charge is 0.351 e. The smallest absolute Gasteiger partial charge is 0.254 e. The normalized spacial score (nSPS) is 19.7. The number of hydrogen-bond acceptors (Lipinski definition) is 2. The first-order valence-corrected chi connectivity index (χ1v) is 13.0. The zero-order valence-electron chi connectivity index (χ0n) is 20.2. The molecule has 0 unspecified atom stereocenters. The molecule has 2 aliphatic rings. The van der Waals surface area contributed by atoms with Crippen LogP contribution >= 0.6 is 0 Å². The molecule has 1 N–H and O–H groups in total. The van der Waals surface area contributed by atoms with Crippen molar-refractivity contribution in [2.75, 3.05) is 13.1 Å². The topological polar surface area (TPSA) is 49.4 Å². The van der Waals surface area contributed by atoms with E-state index in [2.05, 4.69) is 34.5 Å². The van der Waals surface area contributed by atoms with Crippen LogP contribution in [-0.2, 0) is 0 Å². The molecular formula is C31H34N2O2. The number of hydrogen-bond donors (Lipinski definition) is 1. The minimum absolute atomic E-state index is 0.0738. The molecule has 0 bridgehead atoms. The zero-order chi connectivity index (χ0) is 24.0. The molecular weight excluding hydrogens is 432 g/mol. The predicted octanol–water partition coefficient (Wildman–Crippen LogP) is 6.04. The fourth-order valence-corrected chi connectivity index (χ4v) is 5.90. The molecule has 1 saturated heterocycles. The highest BCUT2D eigenvalue weighted by Crippen LogP contribution is 2.36. The van der Waals surface area contributed by atoms with Crippen molar-refractivity contribution in [3.05, 3.63) is 107 Å². The van der Waals surface area contributed by atoms with Crippen LogP contribution in [0, 0.1) is 5.92 Å². The molecule has 2 atom stereocenters. The molecule has 2 amide bonds. The van der Waals surface area contributed by atoms with Crippen molar-refractivity contribution in [2.45, 2.75) is 50.5 Å². The summed E-state index contributed by atoms with van der Waals surface area (Å²) < 4.78 is 0. The molecule has 4 nitrogen and oxygen atoms in total. The van der Waals surface area contributed by atoms with Gasteiger partial charge in [0.15, 0.2) is 0 Å². The van der Waals surface area contributed by atoms with Crippen molar-refractivity contribution in [1.82, 2.24) is 10.2 Å². The summed E-state index contributed by atoms with van der Waals surface area (Å²) in [4.78, 5) is 28.4. The van der Waals surface area contributed by atoms with Crippen LogP contribution in [0.4, 0.5) is 0 Å². The van der Waals surface area contributed by atoms with E-state index in [4.69, 9.17) is 0 Å². The number of fused-ring (bicyclic) bond motifs is 1. The molecule has 0 radical (unpaired) electrons. The molecule has 4 heteroatoms. The monoisotopic (exact) mass is 466 g/mol. The molecule has 3 aromatic rings. The van der Waals surface area contributed by atoms with Crippen molar-refractivity contribution in [3.63, 3.8) is 0 Å². The Labute approximate surface area is 208 Å². The second-order valence-electron chi connectivity index (χ2n) is 9.91. The molecule has 35 heavy (non-hydrogen) atoms. The van der Waals surface area contributed by atoms with Crippen LogP contribution < -0.4 is 5.32 Å². The first kappa shape index (κ1) is 23.3. The molecule has 1 heterocycles. The Kier molecular flexibility index (Phi) is 7.27. The van der Waals surface area contributed by atoms with Crippen LogP contribution in [0.2, 0.25) is 0 Å². The lowest BCUT2D eigenvalue weighted by Crippen LogP contribution is -2.49. The van der Waals surface area contributed by atoms with Crippen LogP contribution in [0.3, 0.4) is 0 Å². The summed E-state index contributed by atoms with van der Waals surface area (Å²) >= 11 is 0. The van der Waals surface area contributed by atoms with E-state index in [1.807, 2.05) is 48.5 Å². The third-order valence-electron chi connectivity index (χ3n) is 7.77. The summed E-state index contributed by atoms with van der Waals surface area (Å²) in [5, 5.41) is 3.11. The third kappa shape index (κ3) is 5.32. The van der Waals surface area contributed by atoms with E-state index in [9.17, 15) is 9.59 Å². The fraction of sp³-hybridized carbons (Fsp3) is 0.355. The quantitative estimate of drug-likeness (QED) is 0.481. The average molecular weight is 467 g/mol. The van der Waals surface area contributed by atoms with Gasteiger partial charge in [0.25, 0.3) is 11.8 Å². The Hall–Kier alpha value is -3.40. The van der Waals surface area contributed by atoms with Crippen LogP contribution in [0.25, 0.3) is 0 Å². The molecule has 1 aliphatic heterocycles. The molecule has 5 rings (SSSR count).